The standard InChI is InChI=1S/C11H18N2O5S/c1-19(17,18)13-6-2-3-8(7-13)9(14)12-11(4-5-11)10(15)16/h8H,2-7H2,1H3,(H,12,14)(H,15,16)/t8-/m0/s1. The van der Waals surface area contributed by atoms with E-state index in [9.17, 15) is 18.0 Å². The van der Waals surface area contributed by atoms with Crippen molar-refractivity contribution in [3.63, 3.8) is 0 Å². The molecule has 1 atom stereocenters. The SMILES string of the molecule is CS(=O)(=O)N1CCC[C@H](C(=O)NC2(C(=O)O)CC2)C1. The molecule has 7 nitrogen and oxygen atoms in total. The van der Waals surface area contributed by atoms with Crippen molar-refractivity contribution in [1.82, 2.24) is 9.62 Å². The van der Waals surface area contributed by atoms with E-state index in [0.29, 0.717) is 32.2 Å². The van der Waals surface area contributed by atoms with E-state index in [0.717, 1.165) is 6.26 Å². The monoisotopic (exact) mass is 290 g/mol. The summed E-state index contributed by atoms with van der Waals surface area (Å²) < 4.78 is 24.2. The van der Waals surface area contributed by atoms with E-state index in [1.807, 2.05) is 0 Å². The molecule has 0 bridgehead atoms. The lowest BCUT2D eigenvalue weighted by molar-refractivity contribution is -0.144. The molecule has 1 amide bonds. The van der Waals surface area contributed by atoms with Gasteiger partial charge in [0.2, 0.25) is 15.9 Å². The van der Waals surface area contributed by atoms with Gasteiger partial charge in [0.25, 0.3) is 0 Å². The number of hydrogen-bond acceptors (Lipinski definition) is 4. The van der Waals surface area contributed by atoms with Crippen LogP contribution in [-0.4, -0.2) is 54.6 Å². The van der Waals surface area contributed by atoms with E-state index >= 15 is 0 Å². The fraction of sp³-hybridized carbons (Fsp3) is 0.818. The maximum atomic E-state index is 12.0. The summed E-state index contributed by atoms with van der Waals surface area (Å²) in [6.45, 7) is 0.563. The van der Waals surface area contributed by atoms with Crippen molar-refractivity contribution in [2.45, 2.75) is 31.2 Å². The topological polar surface area (TPSA) is 104 Å². The molecule has 1 saturated heterocycles. The Morgan fingerprint density at radius 2 is 2.00 bits per heavy atom. The number of amides is 1. The Bertz CT molecular complexity index is 497. The first kappa shape index (κ1) is 14.3. The van der Waals surface area contributed by atoms with Gasteiger partial charge in [-0.05, 0) is 25.7 Å². The van der Waals surface area contributed by atoms with Gasteiger partial charge >= 0.3 is 5.97 Å². The summed E-state index contributed by atoms with van der Waals surface area (Å²) in [7, 11) is -3.30. The van der Waals surface area contributed by atoms with Crippen molar-refractivity contribution in [3.8, 4) is 0 Å². The van der Waals surface area contributed by atoms with Crippen LogP contribution in [0.5, 0.6) is 0 Å². The zero-order valence-electron chi connectivity index (χ0n) is 10.8. The van der Waals surface area contributed by atoms with Gasteiger partial charge in [0.1, 0.15) is 5.54 Å². The predicted molar refractivity (Wildman–Crippen MR) is 66.9 cm³/mol. The number of carbonyl (C=O) groups excluding carboxylic acids is 1. The molecule has 0 aromatic rings. The first-order valence-electron chi connectivity index (χ1n) is 6.25. The lowest BCUT2D eigenvalue weighted by atomic mass is 9.98. The fourth-order valence-corrected chi connectivity index (χ4v) is 3.22. The Labute approximate surface area is 112 Å². The van der Waals surface area contributed by atoms with Crippen LogP contribution in [0.25, 0.3) is 0 Å². The van der Waals surface area contributed by atoms with Crippen LogP contribution in [0.15, 0.2) is 0 Å². The zero-order chi connectivity index (χ0) is 14.3. The summed E-state index contributed by atoms with van der Waals surface area (Å²) in [5, 5.41) is 11.6. The van der Waals surface area contributed by atoms with Gasteiger partial charge in [-0.1, -0.05) is 0 Å². The maximum Gasteiger partial charge on any atom is 0.329 e. The highest BCUT2D eigenvalue weighted by molar-refractivity contribution is 7.88. The van der Waals surface area contributed by atoms with E-state index in [1.54, 1.807) is 0 Å². The molecule has 108 valence electrons. The molecule has 0 aromatic carbocycles. The van der Waals surface area contributed by atoms with Crippen molar-refractivity contribution in [3.05, 3.63) is 0 Å². The fourth-order valence-electron chi connectivity index (χ4n) is 2.31. The lowest BCUT2D eigenvalue weighted by Gasteiger charge is -2.30. The average Bonchev–Trinajstić information content (AvgIpc) is 3.09. The number of carboxylic acid groups (broad SMARTS) is 1. The summed E-state index contributed by atoms with van der Waals surface area (Å²) in [6.07, 6.45) is 3.21. The molecule has 1 aliphatic carbocycles. The number of aliphatic carboxylic acids is 1. The second-order valence-corrected chi connectivity index (χ2v) is 7.32. The van der Waals surface area contributed by atoms with Crippen LogP contribution in [-0.2, 0) is 19.6 Å². The lowest BCUT2D eigenvalue weighted by Crippen LogP contribution is -2.50. The van der Waals surface area contributed by atoms with Gasteiger partial charge in [-0.3, -0.25) is 4.79 Å². The Morgan fingerprint density at radius 3 is 2.47 bits per heavy atom. The molecule has 1 aliphatic heterocycles. The van der Waals surface area contributed by atoms with Crippen molar-refractivity contribution >= 4 is 21.9 Å². The molecule has 0 radical (unpaired) electrons. The number of carbonyl (C=O) groups is 2. The molecular formula is C11H18N2O5S. The van der Waals surface area contributed by atoms with E-state index in [4.69, 9.17) is 5.11 Å². The summed E-state index contributed by atoms with van der Waals surface area (Å²) in [5.74, 6) is -1.83. The molecule has 0 aromatic heterocycles. The molecule has 1 heterocycles. The molecule has 2 aliphatic rings. The minimum absolute atomic E-state index is 0.139. The number of nitrogens with one attached hydrogen (secondary N) is 1. The van der Waals surface area contributed by atoms with Gasteiger partial charge in [0, 0.05) is 13.1 Å². The highest BCUT2D eigenvalue weighted by atomic mass is 32.2. The predicted octanol–water partition coefficient (Wildman–Crippen LogP) is -0.609. The minimum atomic E-state index is -3.30. The van der Waals surface area contributed by atoms with Crippen molar-refractivity contribution in [2.24, 2.45) is 5.92 Å². The molecule has 19 heavy (non-hydrogen) atoms. The van der Waals surface area contributed by atoms with Crippen LogP contribution in [0, 0.1) is 5.92 Å². The van der Waals surface area contributed by atoms with Gasteiger partial charge in [0.05, 0.1) is 12.2 Å². The van der Waals surface area contributed by atoms with Crippen LogP contribution in [0.3, 0.4) is 0 Å². The molecule has 2 N–H and O–H groups in total. The Morgan fingerprint density at radius 1 is 1.37 bits per heavy atom. The third-order valence-corrected chi connectivity index (χ3v) is 5.02. The number of piperidine rings is 1. The number of hydrogen-bond donors (Lipinski definition) is 2. The quantitative estimate of drug-likeness (QED) is 0.719. The zero-order valence-corrected chi connectivity index (χ0v) is 11.6. The van der Waals surface area contributed by atoms with E-state index < -0.39 is 27.4 Å². The Kier molecular flexibility index (Phi) is 3.57. The molecular weight excluding hydrogens is 272 g/mol. The van der Waals surface area contributed by atoms with Crippen LogP contribution >= 0.6 is 0 Å². The van der Waals surface area contributed by atoms with Crippen LogP contribution in [0.4, 0.5) is 0 Å². The van der Waals surface area contributed by atoms with E-state index in [2.05, 4.69) is 5.32 Å². The van der Waals surface area contributed by atoms with Gasteiger partial charge in [-0.15, -0.1) is 0 Å². The first-order chi connectivity index (χ1) is 8.74. The highest BCUT2D eigenvalue weighted by Gasteiger charge is 2.52. The Hall–Kier alpha value is -1.15. The number of nitrogens with zero attached hydrogens (tertiary/aromatic N) is 1. The van der Waals surface area contributed by atoms with Crippen molar-refractivity contribution in [2.75, 3.05) is 19.3 Å². The van der Waals surface area contributed by atoms with Crippen molar-refractivity contribution in [1.29, 1.82) is 0 Å². The second kappa shape index (κ2) is 4.75. The van der Waals surface area contributed by atoms with Gasteiger partial charge in [-0.25, -0.2) is 17.5 Å². The largest absolute Gasteiger partial charge is 0.480 e. The van der Waals surface area contributed by atoms with Gasteiger partial charge in [0.15, 0.2) is 0 Å². The van der Waals surface area contributed by atoms with Gasteiger partial charge < -0.3 is 10.4 Å². The average molecular weight is 290 g/mol. The third-order valence-electron chi connectivity index (χ3n) is 3.75. The van der Waals surface area contributed by atoms with Crippen molar-refractivity contribution < 1.29 is 23.1 Å². The maximum absolute atomic E-state index is 12.0. The third kappa shape index (κ3) is 3.06. The molecule has 2 fully saturated rings. The molecule has 8 heteroatoms. The van der Waals surface area contributed by atoms with Crippen LogP contribution in [0.2, 0.25) is 0 Å². The van der Waals surface area contributed by atoms with Gasteiger partial charge in [-0.2, -0.15) is 0 Å². The van der Waals surface area contributed by atoms with Crippen LogP contribution in [0.1, 0.15) is 25.7 Å². The first-order valence-corrected chi connectivity index (χ1v) is 8.10. The van der Waals surface area contributed by atoms with E-state index in [-0.39, 0.29) is 12.5 Å². The molecule has 2 rings (SSSR count). The normalized spacial score (nSPS) is 26.7. The minimum Gasteiger partial charge on any atom is -0.480 e. The number of rotatable bonds is 4. The molecule has 1 saturated carbocycles. The second-order valence-electron chi connectivity index (χ2n) is 5.34. The highest BCUT2D eigenvalue weighted by Crippen LogP contribution is 2.36. The summed E-state index contributed by atoms with van der Waals surface area (Å²) in [6, 6.07) is 0. The van der Waals surface area contributed by atoms with E-state index in [1.165, 1.54) is 4.31 Å². The molecule has 0 spiro atoms. The summed E-state index contributed by atoms with van der Waals surface area (Å²) in [5.41, 5.74) is -1.11. The Balaban J connectivity index is 1.98. The summed E-state index contributed by atoms with van der Waals surface area (Å²) in [4.78, 5) is 23.0. The van der Waals surface area contributed by atoms with Crippen LogP contribution < -0.4 is 5.32 Å². The molecule has 0 unspecified atom stereocenters. The number of carboxylic acids is 1. The smallest absolute Gasteiger partial charge is 0.329 e. The number of sulfonamides is 1. The summed E-state index contributed by atoms with van der Waals surface area (Å²) >= 11 is 0.